The van der Waals surface area contributed by atoms with Crippen LogP contribution in [0, 0.1) is 0 Å². The predicted molar refractivity (Wildman–Crippen MR) is 84.9 cm³/mol. The van der Waals surface area contributed by atoms with Crippen LogP contribution in [0.1, 0.15) is 28.6 Å². The first-order valence-electron chi connectivity index (χ1n) is 7.63. The predicted octanol–water partition coefficient (Wildman–Crippen LogP) is 2.01. The molecule has 8 heteroatoms. The van der Waals surface area contributed by atoms with Crippen LogP contribution < -0.4 is 10.8 Å². The Kier molecular flexibility index (Phi) is 4.52. The summed E-state index contributed by atoms with van der Waals surface area (Å²) in [6, 6.07) is 0.0246. The molecule has 1 fully saturated rings. The lowest BCUT2D eigenvalue weighted by atomic mass is 10.2. The summed E-state index contributed by atoms with van der Waals surface area (Å²) in [5, 5.41) is 3.36. The van der Waals surface area contributed by atoms with Gasteiger partial charge in [-0.05, 0) is 27.2 Å². The Balaban J connectivity index is 2.01. The van der Waals surface area contributed by atoms with Crippen LogP contribution in [0.15, 0.2) is 11.2 Å². The lowest BCUT2D eigenvalue weighted by Gasteiger charge is -2.24. The smallest absolute Gasteiger partial charge is 0.410 e. The van der Waals surface area contributed by atoms with Crippen LogP contribution in [0.4, 0.5) is 10.7 Å². The summed E-state index contributed by atoms with van der Waals surface area (Å²) < 4.78 is 13.1. The second-order valence-electron chi connectivity index (χ2n) is 6.14. The van der Waals surface area contributed by atoms with Gasteiger partial charge in [0.2, 0.25) is 5.95 Å². The van der Waals surface area contributed by atoms with E-state index in [-0.39, 0.29) is 23.3 Å². The average molecular weight is 329 g/mol. The molecule has 1 aromatic rings. The van der Waals surface area contributed by atoms with Crippen LogP contribution in [0.3, 0.4) is 0 Å². The minimum absolute atomic E-state index is 0.0246. The molecule has 0 spiro atoms. The Bertz CT molecular complexity index is 656. The molecule has 1 aromatic heterocycles. The monoisotopic (exact) mass is 328 g/mol. The Hall–Kier alpha value is -1.76. The highest BCUT2D eigenvalue weighted by Gasteiger charge is 2.29. The summed E-state index contributed by atoms with van der Waals surface area (Å²) in [6.07, 6.45) is 0.402. The molecule has 0 saturated carbocycles. The first-order chi connectivity index (χ1) is 10.7. The van der Waals surface area contributed by atoms with Crippen LogP contribution in [0.2, 0.25) is 5.02 Å². The summed E-state index contributed by atoms with van der Waals surface area (Å²) in [7, 11) is 1.58. The molecule has 1 aliphatic rings. The number of anilines is 1. The van der Waals surface area contributed by atoms with Gasteiger partial charge in [0.05, 0.1) is 7.54 Å². The Morgan fingerprint density at radius 1 is 1.68 bits per heavy atom. The number of aromatic amines is 1. The van der Waals surface area contributed by atoms with Crippen molar-refractivity contribution in [3.8, 4) is 0 Å². The van der Waals surface area contributed by atoms with E-state index in [0.29, 0.717) is 24.5 Å². The highest BCUT2D eigenvalue weighted by atomic mass is 35.5. The van der Waals surface area contributed by atoms with Gasteiger partial charge in [0.15, 0.2) is 0 Å². The first-order valence-corrected chi connectivity index (χ1v) is 7.51. The number of aromatic nitrogens is 2. The summed E-state index contributed by atoms with van der Waals surface area (Å²) in [6.45, 7) is 6.65. The van der Waals surface area contributed by atoms with Crippen molar-refractivity contribution < 1.29 is 10.9 Å². The quantitative estimate of drug-likeness (QED) is 0.870. The fraction of sp³-hybridized carbons (Fsp3) is 0.643. The molecule has 0 radical (unpaired) electrons. The fourth-order valence-electron chi connectivity index (χ4n) is 2.14. The number of H-pyrrole nitrogens is 1. The zero-order valence-electron chi connectivity index (χ0n) is 14.2. The molecule has 2 N–H and O–H groups in total. The number of hydrogen-bond donors (Lipinski definition) is 2. The van der Waals surface area contributed by atoms with E-state index in [2.05, 4.69) is 20.3 Å². The fourth-order valence-corrected chi connectivity index (χ4v) is 2.31. The van der Waals surface area contributed by atoms with Crippen LogP contribution in [-0.2, 0) is 4.74 Å². The van der Waals surface area contributed by atoms with Crippen molar-refractivity contribution >= 4 is 23.6 Å². The molecule has 2 rings (SSSR count). The van der Waals surface area contributed by atoms with Gasteiger partial charge in [0.1, 0.15) is 16.1 Å². The van der Waals surface area contributed by atoms with Crippen molar-refractivity contribution in [3.05, 3.63) is 16.7 Å². The number of rotatable bonds is 2. The standard InChI is InChI=1S/C14H22ClN5O2/c1-14(2,3)22-13(21)20-6-5-9(8-20)18-12-17-7-10(15)11(16-4)19-12/h7,9H,5-6,8H2,1-4H3,(H2,16,17,18,19)/t9-/m1/s1/i7D. The van der Waals surface area contributed by atoms with Gasteiger partial charge in [-0.1, -0.05) is 11.6 Å². The SMILES string of the molecule is [2H]c1nc(N[C@@H]2CCN(C(=O)OC(C)(C)C)C2)[nH]c(=NC)c1Cl. The van der Waals surface area contributed by atoms with Crippen molar-refractivity contribution in [3.63, 3.8) is 0 Å². The summed E-state index contributed by atoms with van der Waals surface area (Å²) in [5.74, 6) is 0.413. The molecule has 1 atom stereocenters. The zero-order chi connectivity index (χ0) is 17.2. The van der Waals surface area contributed by atoms with E-state index in [9.17, 15) is 4.79 Å². The number of carbonyl (C=O) groups excluding carboxylic acids is 1. The van der Waals surface area contributed by atoms with Gasteiger partial charge in [-0.3, -0.25) is 4.99 Å². The summed E-state index contributed by atoms with van der Waals surface area (Å²) >= 11 is 5.94. The van der Waals surface area contributed by atoms with E-state index in [1.165, 1.54) is 0 Å². The van der Waals surface area contributed by atoms with Gasteiger partial charge >= 0.3 is 6.09 Å². The van der Waals surface area contributed by atoms with Crippen LogP contribution in [0.25, 0.3) is 0 Å². The van der Waals surface area contributed by atoms with E-state index >= 15 is 0 Å². The number of likely N-dealkylation sites (tertiary alicyclic amines) is 1. The third-order valence-corrected chi connectivity index (χ3v) is 3.38. The Labute approximate surface area is 136 Å². The second-order valence-corrected chi connectivity index (χ2v) is 6.52. The van der Waals surface area contributed by atoms with E-state index in [0.717, 1.165) is 6.42 Å². The molecular weight excluding hydrogens is 306 g/mol. The van der Waals surface area contributed by atoms with Gasteiger partial charge in [0, 0.05) is 26.2 Å². The topological polar surface area (TPSA) is 82.6 Å². The number of halogens is 1. The number of amides is 1. The van der Waals surface area contributed by atoms with Crippen molar-refractivity contribution in [2.45, 2.75) is 38.8 Å². The Morgan fingerprint density at radius 2 is 2.41 bits per heavy atom. The number of nitrogens with one attached hydrogen (secondary N) is 2. The number of hydrogen-bond acceptors (Lipinski definition) is 5. The first kappa shape index (κ1) is 15.1. The van der Waals surface area contributed by atoms with Gasteiger partial charge in [-0.25, -0.2) is 9.78 Å². The molecule has 122 valence electrons. The van der Waals surface area contributed by atoms with Crippen LogP contribution in [-0.4, -0.2) is 52.7 Å². The van der Waals surface area contributed by atoms with Gasteiger partial charge < -0.3 is 19.9 Å². The lowest BCUT2D eigenvalue weighted by molar-refractivity contribution is 0.0293. The van der Waals surface area contributed by atoms with Crippen LogP contribution >= 0.6 is 11.6 Å². The van der Waals surface area contributed by atoms with Gasteiger partial charge in [-0.2, -0.15) is 0 Å². The molecule has 2 heterocycles. The van der Waals surface area contributed by atoms with E-state index in [1.807, 2.05) is 20.8 Å². The second kappa shape index (κ2) is 6.56. The van der Waals surface area contributed by atoms with E-state index in [1.54, 1.807) is 11.9 Å². The van der Waals surface area contributed by atoms with Gasteiger partial charge in [0.25, 0.3) is 0 Å². The molecule has 1 amide bonds. The maximum absolute atomic E-state index is 12.0. The Morgan fingerprint density at radius 3 is 3.05 bits per heavy atom. The number of nitrogens with zero attached hydrogens (tertiary/aromatic N) is 3. The van der Waals surface area contributed by atoms with E-state index < -0.39 is 5.60 Å². The van der Waals surface area contributed by atoms with Crippen LogP contribution in [0.5, 0.6) is 0 Å². The molecule has 7 nitrogen and oxygen atoms in total. The third-order valence-electron chi connectivity index (χ3n) is 3.11. The minimum Gasteiger partial charge on any atom is -0.444 e. The molecule has 0 aromatic carbocycles. The molecule has 0 bridgehead atoms. The van der Waals surface area contributed by atoms with Crippen molar-refractivity contribution in [2.75, 3.05) is 25.5 Å². The molecule has 1 aliphatic heterocycles. The lowest BCUT2D eigenvalue weighted by Crippen LogP contribution is -2.36. The van der Waals surface area contributed by atoms with E-state index in [4.69, 9.17) is 17.7 Å². The maximum atomic E-state index is 12.0. The largest absolute Gasteiger partial charge is 0.444 e. The number of carbonyl (C=O) groups is 1. The van der Waals surface area contributed by atoms with Crippen molar-refractivity contribution in [1.82, 2.24) is 14.9 Å². The van der Waals surface area contributed by atoms with Crippen molar-refractivity contribution in [1.29, 1.82) is 0 Å². The van der Waals surface area contributed by atoms with Crippen molar-refractivity contribution in [2.24, 2.45) is 4.99 Å². The normalized spacial score (nSPS) is 20.0. The molecule has 22 heavy (non-hydrogen) atoms. The average Bonchev–Trinajstić information content (AvgIpc) is 2.89. The zero-order valence-corrected chi connectivity index (χ0v) is 14.0. The maximum Gasteiger partial charge on any atom is 0.410 e. The molecular formula is C14H22ClN5O2. The molecule has 0 unspecified atom stereocenters. The highest BCUT2D eigenvalue weighted by Crippen LogP contribution is 2.17. The third kappa shape index (κ3) is 4.37. The minimum atomic E-state index is -0.508. The molecule has 0 aliphatic carbocycles. The highest BCUT2D eigenvalue weighted by molar-refractivity contribution is 6.30. The summed E-state index contributed by atoms with van der Waals surface area (Å²) in [5.41, 5.74) is -0.109. The summed E-state index contributed by atoms with van der Waals surface area (Å²) in [4.78, 5) is 24.7. The number of ether oxygens (including phenoxy) is 1. The molecule has 1 saturated heterocycles. The van der Waals surface area contributed by atoms with Gasteiger partial charge in [-0.15, -0.1) is 0 Å².